The number of para-hydroxylation sites is 1. The fourth-order valence-corrected chi connectivity index (χ4v) is 2.64. The number of nitrogens with one attached hydrogen (secondary N) is 2. The Kier molecular flexibility index (Phi) is 3.65. The van der Waals surface area contributed by atoms with Crippen LogP contribution in [0.4, 0.5) is 10.5 Å². The summed E-state index contributed by atoms with van der Waals surface area (Å²) in [5.74, 6) is 0. The van der Waals surface area contributed by atoms with Crippen molar-refractivity contribution in [1.82, 2.24) is 5.32 Å². The highest BCUT2D eigenvalue weighted by Gasteiger charge is 2.44. The van der Waals surface area contributed by atoms with Gasteiger partial charge in [0, 0.05) is 17.6 Å². The molecule has 0 unspecified atom stereocenters. The lowest BCUT2D eigenvalue weighted by Crippen LogP contribution is -2.35. The van der Waals surface area contributed by atoms with Crippen LogP contribution in [0.3, 0.4) is 0 Å². The molecule has 2 N–H and O–H groups in total. The number of hydrogen-bond acceptors (Lipinski definition) is 1. The van der Waals surface area contributed by atoms with Crippen molar-refractivity contribution in [3.63, 3.8) is 0 Å². The molecule has 0 saturated heterocycles. The Morgan fingerprint density at radius 3 is 2.38 bits per heavy atom. The second-order valence-electron chi connectivity index (χ2n) is 5.77. The fraction of sp³-hybridized carbons (Fsp3) is 0.278. The van der Waals surface area contributed by atoms with Gasteiger partial charge in [-0.3, -0.25) is 0 Å². The van der Waals surface area contributed by atoms with E-state index in [1.165, 1.54) is 5.56 Å². The van der Waals surface area contributed by atoms with Crippen molar-refractivity contribution in [2.24, 2.45) is 0 Å². The molecule has 1 aliphatic carbocycles. The first-order valence-electron chi connectivity index (χ1n) is 7.36. The number of carbonyl (C=O) groups excluding carboxylic acids is 1. The average Bonchev–Trinajstić information content (AvgIpc) is 3.30. The van der Waals surface area contributed by atoms with Gasteiger partial charge in [0.2, 0.25) is 0 Å². The van der Waals surface area contributed by atoms with Crippen LogP contribution in [0.15, 0.2) is 54.6 Å². The normalized spacial score (nSPS) is 15.3. The molecular weight excluding hydrogens is 260 g/mol. The minimum atomic E-state index is -0.133. The molecule has 3 nitrogen and oxygen atoms in total. The topological polar surface area (TPSA) is 41.1 Å². The smallest absolute Gasteiger partial charge is 0.319 e. The van der Waals surface area contributed by atoms with Gasteiger partial charge in [-0.25, -0.2) is 4.79 Å². The number of anilines is 1. The van der Waals surface area contributed by atoms with Crippen LogP contribution in [0.1, 0.15) is 24.0 Å². The molecule has 0 heterocycles. The second kappa shape index (κ2) is 5.60. The molecule has 1 fully saturated rings. The van der Waals surface area contributed by atoms with E-state index in [-0.39, 0.29) is 11.4 Å². The van der Waals surface area contributed by atoms with Gasteiger partial charge in [0.25, 0.3) is 0 Å². The van der Waals surface area contributed by atoms with Crippen molar-refractivity contribution in [1.29, 1.82) is 0 Å². The second-order valence-corrected chi connectivity index (χ2v) is 5.77. The van der Waals surface area contributed by atoms with Gasteiger partial charge < -0.3 is 10.6 Å². The van der Waals surface area contributed by atoms with Gasteiger partial charge in [0.05, 0.1) is 0 Å². The van der Waals surface area contributed by atoms with E-state index in [1.54, 1.807) is 0 Å². The number of aryl methyl sites for hydroxylation is 1. The van der Waals surface area contributed by atoms with Crippen LogP contribution < -0.4 is 10.6 Å². The molecule has 3 rings (SSSR count). The monoisotopic (exact) mass is 280 g/mol. The third-order valence-electron chi connectivity index (χ3n) is 4.22. The van der Waals surface area contributed by atoms with Gasteiger partial charge in [0.15, 0.2) is 0 Å². The molecule has 0 atom stereocenters. The summed E-state index contributed by atoms with van der Waals surface area (Å²) in [5, 5.41) is 5.92. The Morgan fingerprint density at radius 2 is 1.71 bits per heavy atom. The van der Waals surface area contributed by atoms with E-state index in [1.807, 2.05) is 37.3 Å². The number of benzene rings is 2. The molecule has 2 aromatic carbocycles. The van der Waals surface area contributed by atoms with Crippen LogP contribution >= 0.6 is 0 Å². The van der Waals surface area contributed by atoms with Crippen molar-refractivity contribution in [2.75, 3.05) is 11.9 Å². The largest absolute Gasteiger partial charge is 0.337 e. The standard InChI is InChI=1S/C18H20N2O/c1-14-7-5-6-10-16(14)20-17(21)19-13-18(11-12-18)15-8-3-2-4-9-15/h2-10H,11-13H2,1H3,(H2,19,20,21). The van der Waals surface area contributed by atoms with Gasteiger partial charge >= 0.3 is 6.03 Å². The zero-order valence-corrected chi connectivity index (χ0v) is 12.2. The Morgan fingerprint density at radius 1 is 1.05 bits per heavy atom. The maximum atomic E-state index is 12.0. The van der Waals surface area contributed by atoms with E-state index >= 15 is 0 Å². The third kappa shape index (κ3) is 3.07. The Hall–Kier alpha value is -2.29. The van der Waals surface area contributed by atoms with Crippen molar-refractivity contribution >= 4 is 11.7 Å². The van der Waals surface area contributed by atoms with Crippen LogP contribution in [-0.2, 0) is 5.41 Å². The summed E-state index contributed by atoms with van der Waals surface area (Å²) < 4.78 is 0. The molecule has 0 aliphatic heterocycles. The molecule has 2 aromatic rings. The third-order valence-corrected chi connectivity index (χ3v) is 4.22. The number of carbonyl (C=O) groups is 1. The van der Waals surface area contributed by atoms with Gasteiger partial charge in [-0.1, -0.05) is 48.5 Å². The lowest BCUT2D eigenvalue weighted by atomic mass is 9.96. The van der Waals surface area contributed by atoms with E-state index in [9.17, 15) is 4.79 Å². The van der Waals surface area contributed by atoms with Gasteiger partial charge in [-0.05, 0) is 37.0 Å². The van der Waals surface area contributed by atoms with Crippen molar-refractivity contribution in [3.05, 3.63) is 65.7 Å². The molecule has 1 aliphatic rings. The van der Waals surface area contributed by atoms with E-state index < -0.39 is 0 Å². The predicted molar refractivity (Wildman–Crippen MR) is 85.6 cm³/mol. The van der Waals surface area contributed by atoms with E-state index in [0.717, 1.165) is 24.1 Å². The number of hydrogen-bond donors (Lipinski definition) is 2. The lowest BCUT2D eigenvalue weighted by Gasteiger charge is -2.17. The zero-order chi connectivity index (χ0) is 14.7. The molecule has 0 spiro atoms. The molecule has 0 bridgehead atoms. The maximum Gasteiger partial charge on any atom is 0.319 e. The molecule has 108 valence electrons. The predicted octanol–water partition coefficient (Wildman–Crippen LogP) is 3.85. The van der Waals surface area contributed by atoms with Crippen molar-refractivity contribution < 1.29 is 4.79 Å². The first-order valence-corrected chi connectivity index (χ1v) is 7.36. The molecule has 3 heteroatoms. The highest BCUT2D eigenvalue weighted by Crippen LogP contribution is 2.47. The van der Waals surface area contributed by atoms with Gasteiger partial charge in [-0.15, -0.1) is 0 Å². The van der Waals surface area contributed by atoms with Crippen LogP contribution in [0, 0.1) is 6.92 Å². The minimum Gasteiger partial charge on any atom is -0.337 e. The first-order chi connectivity index (χ1) is 10.2. The summed E-state index contributed by atoms with van der Waals surface area (Å²) in [6.45, 7) is 2.68. The summed E-state index contributed by atoms with van der Waals surface area (Å²) in [7, 11) is 0. The Balaban J connectivity index is 1.58. The summed E-state index contributed by atoms with van der Waals surface area (Å²) in [6, 6.07) is 18.1. The quantitative estimate of drug-likeness (QED) is 0.877. The molecule has 0 aromatic heterocycles. The summed E-state index contributed by atoms with van der Waals surface area (Å²) in [5.41, 5.74) is 3.39. The number of rotatable bonds is 4. The van der Waals surface area contributed by atoms with E-state index in [0.29, 0.717) is 6.54 Å². The maximum absolute atomic E-state index is 12.0. The fourth-order valence-electron chi connectivity index (χ4n) is 2.64. The lowest BCUT2D eigenvalue weighted by molar-refractivity contribution is 0.251. The minimum absolute atomic E-state index is 0.133. The number of amides is 2. The van der Waals surface area contributed by atoms with Gasteiger partial charge in [0.1, 0.15) is 0 Å². The molecule has 1 saturated carbocycles. The van der Waals surface area contributed by atoms with Crippen LogP contribution in [0.2, 0.25) is 0 Å². The molecular formula is C18H20N2O. The molecule has 21 heavy (non-hydrogen) atoms. The zero-order valence-electron chi connectivity index (χ0n) is 12.2. The van der Waals surface area contributed by atoms with Crippen molar-refractivity contribution in [2.45, 2.75) is 25.2 Å². The summed E-state index contributed by atoms with van der Waals surface area (Å²) in [6.07, 6.45) is 2.28. The van der Waals surface area contributed by atoms with Gasteiger partial charge in [-0.2, -0.15) is 0 Å². The highest BCUT2D eigenvalue weighted by atomic mass is 16.2. The first kappa shape index (κ1) is 13.7. The molecule has 0 radical (unpaired) electrons. The molecule has 2 amide bonds. The van der Waals surface area contributed by atoms with E-state index in [4.69, 9.17) is 0 Å². The highest BCUT2D eigenvalue weighted by molar-refractivity contribution is 5.90. The Bertz CT molecular complexity index is 633. The van der Waals surface area contributed by atoms with Crippen LogP contribution in [0.25, 0.3) is 0 Å². The summed E-state index contributed by atoms with van der Waals surface area (Å²) >= 11 is 0. The SMILES string of the molecule is Cc1ccccc1NC(=O)NCC1(c2ccccc2)CC1. The van der Waals surface area contributed by atoms with Crippen LogP contribution in [0.5, 0.6) is 0 Å². The average molecular weight is 280 g/mol. The summed E-state index contributed by atoms with van der Waals surface area (Å²) in [4.78, 5) is 12.0. The Labute approximate surface area is 125 Å². The van der Waals surface area contributed by atoms with Crippen LogP contribution in [-0.4, -0.2) is 12.6 Å². The number of urea groups is 1. The van der Waals surface area contributed by atoms with Crippen molar-refractivity contribution in [3.8, 4) is 0 Å². The van der Waals surface area contributed by atoms with E-state index in [2.05, 4.69) is 34.9 Å².